The van der Waals surface area contributed by atoms with Crippen molar-refractivity contribution in [2.75, 3.05) is 27.3 Å². The number of carbonyl (C=O) groups is 1. The fourth-order valence-electron chi connectivity index (χ4n) is 4.31. The second-order valence-electron chi connectivity index (χ2n) is 7.50. The maximum Gasteiger partial charge on any atom is 0.358 e. The first-order chi connectivity index (χ1) is 15.2. The third-order valence-corrected chi connectivity index (χ3v) is 5.83. The van der Waals surface area contributed by atoms with Crippen molar-refractivity contribution < 1.29 is 23.8 Å². The maximum atomic E-state index is 12.6. The van der Waals surface area contributed by atoms with E-state index in [1.54, 1.807) is 19.2 Å². The number of benzene rings is 2. The topological polar surface area (TPSA) is 69.6 Å². The lowest BCUT2D eigenvalue weighted by atomic mass is 9.88. The number of hydrogen-bond acceptors (Lipinski definition) is 7. The predicted octanol–water partition coefficient (Wildman–Crippen LogP) is 3.74. The van der Waals surface area contributed by atoms with Crippen molar-refractivity contribution in [3.05, 3.63) is 66.4 Å². The highest BCUT2D eigenvalue weighted by Gasteiger charge is 2.40. The molecule has 1 saturated heterocycles. The minimum Gasteiger partial charge on any atom is -0.493 e. The van der Waals surface area contributed by atoms with Gasteiger partial charge in [0.05, 0.1) is 20.5 Å². The predicted molar refractivity (Wildman–Crippen MR) is 117 cm³/mol. The smallest absolute Gasteiger partial charge is 0.358 e. The summed E-state index contributed by atoms with van der Waals surface area (Å²) >= 11 is 0. The van der Waals surface area contributed by atoms with Crippen LogP contribution in [0, 0.1) is 0 Å². The first-order valence-electron chi connectivity index (χ1n) is 10.3. The lowest BCUT2D eigenvalue weighted by molar-refractivity contribution is -0.144. The van der Waals surface area contributed by atoms with Crippen LogP contribution in [0.4, 0.5) is 0 Å². The molecule has 1 unspecified atom stereocenters. The molecule has 0 N–H and O–H groups in total. The van der Waals surface area contributed by atoms with Crippen LogP contribution in [0.15, 0.2) is 60.5 Å². The van der Waals surface area contributed by atoms with Gasteiger partial charge in [-0.25, -0.2) is 4.79 Å². The van der Waals surface area contributed by atoms with Gasteiger partial charge in [0.2, 0.25) is 5.75 Å². The van der Waals surface area contributed by atoms with E-state index in [1.807, 2.05) is 6.07 Å². The molecule has 4 rings (SSSR count). The highest BCUT2D eigenvalue weighted by atomic mass is 16.7. The summed E-state index contributed by atoms with van der Waals surface area (Å²) in [6.45, 7) is 5.17. The van der Waals surface area contributed by atoms with Gasteiger partial charge >= 0.3 is 5.97 Å². The first-order valence-corrected chi connectivity index (χ1v) is 10.3. The normalized spacial score (nSPS) is 19.5. The molecule has 2 aliphatic rings. The summed E-state index contributed by atoms with van der Waals surface area (Å²) in [5, 5.41) is 4.10. The molecule has 2 aliphatic heterocycles. The van der Waals surface area contributed by atoms with Gasteiger partial charge in [0.15, 0.2) is 17.5 Å². The van der Waals surface area contributed by atoms with E-state index < -0.39 is 6.04 Å². The van der Waals surface area contributed by atoms with E-state index in [0.717, 1.165) is 25.9 Å². The van der Waals surface area contributed by atoms with Crippen LogP contribution in [-0.2, 0) is 9.63 Å². The largest absolute Gasteiger partial charge is 0.493 e. The van der Waals surface area contributed by atoms with Gasteiger partial charge in [-0.3, -0.25) is 4.90 Å². The summed E-state index contributed by atoms with van der Waals surface area (Å²) in [5.41, 5.74) is 2.56. The molecule has 0 amide bonds. The zero-order valence-corrected chi connectivity index (χ0v) is 17.7. The Morgan fingerprint density at radius 1 is 1.10 bits per heavy atom. The Morgan fingerprint density at radius 3 is 2.45 bits per heavy atom. The molecule has 2 heterocycles. The van der Waals surface area contributed by atoms with Crippen LogP contribution in [0.3, 0.4) is 0 Å². The van der Waals surface area contributed by atoms with E-state index in [-0.39, 0.29) is 5.97 Å². The molecule has 0 saturated carbocycles. The number of piperidine rings is 1. The number of nitrogens with zero attached hydrogens (tertiary/aromatic N) is 2. The zero-order valence-electron chi connectivity index (χ0n) is 17.7. The Morgan fingerprint density at radius 2 is 1.81 bits per heavy atom. The summed E-state index contributed by atoms with van der Waals surface area (Å²) in [6, 6.07) is 13.5. The molecule has 2 aromatic carbocycles. The maximum absolute atomic E-state index is 12.6. The van der Waals surface area contributed by atoms with Crippen molar-refractivity contribution in [2.45, 2.75) is 24.8 Å². The second kappa shape index (κ2) is 9.22. The summed E-state index contributed by atoms with van der Waals surface area (Å²) < 4.78 is 16.4. The van der Waals surface area contributed by atoms with E-state index in [9.17, 15) is 4.79 Å². The van der Waals surface area contributed by atoms with Gasteiger partial charge in [0.25, 0.3) is 0 Å². The van der Waals surface area contributed by atoms with Gasteiger partial charge in [-0.1, -0.05) is 42.1 Å². The van der Waals surface area contributed by atoms with Crippen LogP contribution in [-0.4, -0.2) is 49.9 Å². The van der Waals surface area contributed by atoms with Crippen LogP contribution in [0.2, 0.25) is 0 Å². The molecule has 0 radical (unpaired) electrons. The van der Waals surface area contributed by atoms with Crippen LogP contribution in [0.25, 0.3) is 0 Å². The molecule has 0 spiro atoms. The minimum absolute atomic E-state index is 0.367. The number of methoxy groups -OCH3 is 2. The van der Waals surface area contributed by atoms with Gasteiger partial charge in [-0.05, 0) is 49.5 Å². The van der Waals surface area contributed by atoms with Crippen LogP contribution < -0.4 is 14.2 Å². The SMILES string of the molecule is C=COc1cc(C2=NOC(=O)C2N2CCC(c3ccccc3)CC2)cc(OC)c1OC. The van der Waals surface area contributed by atoms with E-state index in [2.05, 4.69) is 40.9 Å². The average molecular weight is 422 g/mol. The number of rotatable bonds is 7. The van der Waals surface area contributed by atoms with E-state index in [1.165, 1.54) is 18.9 Å². The fourth-order valence-corrected chi connectivity index (χ4v) is 4.31. The molecule has 0 aliphatic carbocycles. The molecule has 7 nitrogen and oxygen atoms in total. The third-order valence-electron chi connectivity index (χ3n) is 5.83. The molecular weight excluding hydrogens is 396 g/mol. The Kier molecular flexibility index (Phi) is 6.23. The summed E-state index contributed by atoms with van der Waals surface area (Å²) in [5.74, 6) is 1.46. The van der Waals surface area contributed by atoms with Gasteiger partial charge in [0, 0.05) is 5.56 Å². The molecule has 162 valence electrons. The highest BCUT2D eigenvalue weighted by molar-refractivity contribution is 6.17. The number of ether oxygens (including phenoxy) is 3. The molecule has 0 bridgehead atoms. The van der Waals surface area contributed by atoms with Crippen molar-refractivity contribution in [2.24, 2.45) is 5.16 Å². The minimum atomic E-state index is -0.564. The summed E-state index contributed by atoms with van der Waals surface area (Å²) in [4.78, 5) is 19.9. The number of likely N-dealkylation sites (tertiary alicyclic amines) is 1. The van der Waals surface area contributed by atoms with Gasteiger partial charge < -0.3 is 19.0 Å². The van der Waals surface area contributed by atoms with Crippen molar-refractivity contribution in [1.29, 1.82) is 0 Å². The summed E-state index contributed by atoms with van der Waals surface area (Å²) in [6.07, 6.45) is 3.25. The molecule has 0 aromatic heterocycles. The second-order valence-corrected chi connectivity index (χ2v) is 7.50. The Labute approximate surface area is 181 Å². The Hall–Kier alpha value is -3.32. The van der Waals surface area contributed by atoms with Gasteiger partial charge in [0.1, 0.15) is 5.71 Å². The molecule has 1 fully saturated rings. The average Bonchev–Trinajstić information content (AvgIpc) is 3.20. The monoisotopic (exact) mass is 422 g/mol. The van der Waals surface area contributed by atoms with Gasteiger partial charge in [-0.2, -0.15) is 0 Å². The molecule has 7 heteroatoms. The van der Waals surface area contributed by atoms with Crippen molar-refractivity contribution in [1.82, 2.24) is 4.90 Å². The highest BCUT2D eigenvalue weighted by Crippen LogP contribution is 2.40. The standard InChI is InChI=1S/C24H26N2O5/c1-4-30-20-15-18(14-19(28-2)23(20)29-3)21-22(24(27)31-25-21)26-12-10-17(11-13-26)16-8-6-5-7-9-16/h4-9,14-15,17,22H,1,10-13H2,2-3H3. The number of carbonyl (C=O) groups excluding carboxylic acids is 1. The van der Waals surface area contributed by atoms with E-state index in [4.69, 9.17) is 19.0 Å². The first kappa shape index (κ1) is 20.9. The Bertz CT molecular complexity index is 981. The third kappa shape index (κ3) is 4.14. The number of hydrogen-bond donors (Lipinski definition) is 0. The van der Waals surface area contributed by atoms with E-state index >= 15 is 0 Å². The van der Waals surface area contributed by atoms with Crippen molar-refractivity contribution in [3.63, 3.8) is 0 Å². The molecule has 31 heavy (non-hydrogen) atoms. The zero-order chi connectivity index (χ0) is 21.8. The molecule has 1 atom stereocenters. The lowest BCUT2D eigenvalue weighted by Crippen LogP contribution is -2.48. The summed E-state index contributed by atoms with van der Waals surface area (Å²) in [7, 11) is 3.08. The van der Waals surface area contributed by atoms with Crippen molar-refractivity contribution in [3.8, 4) is 17.2 Å². The van der Waals surface area contributed by atoms with E-state index in [0.29, 0.717) is 34.4 Å². The Balaban J connectivity index is 1.58. The molecular formula is C24H26N2O5. The molecule has 2 aromatic rings. The van der Waals surface area contributed by atoms with Crippen LogP contribution in [0.5, 0.6) is 17.2 Å². The van der Waals surface area contributed by atoms with Crippen LogP contribution >= 0.6 is 0 Å². The lowest BCUT2D eigenvalue weighted by Gasteiger charge is -2.34. The fraction of sp³-hybridized carbons (Fsp3) is 0.333. The van der Waals surface area contributed by atoms with Gasteiger partial charge in [-0.15, -0.1) is 0 Å². The van der Waals surface area contributed by atoms with Crippen molar-refractivity contribution >= 4 is 11.7 Å². The van der Waals surface area contributed by atoms with Crippen LogP contribution in [0.1, 0.15) is 29.9 Å². The quantitative estimate of drug-likeness (QED) is 0.500. The number of oxime groups is 1.